The van der Waals surface area contributed by atoms with Crippen LogP contribution in [0, 0.1) is 6.92 Å². The van der Waals surface area contributed by atoms with Crippen molar-refractivity contribution in [2.75, 3.05) is 11.9 Å². The summed E-state index contributed by atoms with van der Waals surface area (Å²) >= 11 is 0. The average molecular weight is 332 g/mol. The second-order valence-corrected chi connectivity index (χ2v) is 4.89. The Morgan fingerprint density at radius 2 is 2.17 bits per heavy atom. The van der Waals surface area contributed by atoms with Crippen LogP contribution in [0.2, 0.25) is 0 Å². The molecule has 23 heavy (non-hydrogen) atoms. The number of hydrogen-bond donors (Lipinski definition) is 4. The monoisotopic (exact) mass is 332 g/mol. The quantitative estimate of drug-likeness (QED) is 0.674. The molecule has 0 saturated carbocycles. The largest absolute Gasteiger partial charge is 0.463 e. The van der Waals surface area contributed by atoms with Crippen LogP contribution in [0.4, 0.5) is 23.7 Å². The number of alkyl halides is 3. The molecular formula is C13H15F3N4O3. The number of nitrogens with zero attached hydrogens (tertiary/aromatic N) is 1. The van der Waals surface area contributed by atoms with Crippen molar-refractivity contribution < 1.29 is 27.5 Å². The molecule has 0 fully saturated rings. The van der Waals surface area contributed by atoms with E-state index >= 15 is 0 Å². The molecule has 126 valence electrons. The van der Waals surface area contributed by atoms with Crippen LogP contribution in [0.1, 0.15) is 17.9 Å². The van der Waals surface area contributed by atoms with Gasteiger partial charge < -0.3 is 20.2 Å². The molecular weight excluding hydrogens is 317 g/mol. The van der Waals surface area contributed by atoms with Gasteiger partial charge in [-0.05, 0) is 19.1 Å². The van der Waals surface area contributed by atoms with Gasteiger partial charge in [-0.15, -0.1) is 0 Å². The minimum absolute atomic E-state index is 0.244. The molecule has 0 unspecified atom stereocenters. The number of urea groups is 1. The van der Waals surface area contributed by atoms with E-state index < -0.39 is 36.5 Å². The molecule has 0 aromatic carbocycles. The SMILES string of the molecule is Cc1ccc([C@@](O)(CCNC(=O)Nc2cn[nH]c2)C(F)(F)F)o1. The molecule has 0 aliphatic carbocycles. The molecule has 0 spiro atoms. The Morgan fingerprint density at radius 1 is 1.43 bits per heavy atom. The second-order valence-electron chi connectivity index (χ2n) is 4.89. The number of carbonyl (C=O) groups excluding carboxylic acids is 1. The van der Waals surface area contributed by atoms with E-state index in [1.165, 1.54) is 25.4 Å². The van der Waals surface area contributed by atoms with Crippen molar-refractivity contribution in [3.63, 3.8) is 0 Å². The number of anilines is 1. The molecule has 4 N–H and O–H groups in total. The Hall–Kier alpha value is -2.49. The van der Waals surface area contributed by atoms with E-state index in [-0.39, 0.29) is 5.76 Å². The summed E-state index contributed by atoms with van der Waals surface area (Å²) in [5.41, 5.74) is -2.82. The van der Waals surface area contributed by atoms with Crippen LogP contribution in [-0.2, 0) is 5.60 Å². The highest BCUT2D eigenvalue weighted by atomic mass is 19.4. The minimum Gasteiger partial charge on any atom is -0.463 e. The van der Waals surface area contributed by atoms with Crippen LogP contribution in [0.3, 0.4) is 0 Å². The number of aromatic nitrogens is 2. The van der Waals surface area contributed by atoms with Gasteiger partial charge in [0.25, 0.3) is 0 Å². The zero-order valence-electron chi connectivity index (χ0n) is 12.1. The van der Waals surface area contributed by atoms with Gasteiger partial charge in [0.05, 0.1) is 11.9 Å². The highest BCUT2D eigenvalue weighted by Crippen LogP contribution is 2.41. The lowest BCUT2D eigenvalue weighted by Crippen LogP contribution is -2.45. The molecule has 0 saturated heterocycles. The fourth-order valence-electron chi connectivity index (χ4n) is 1.91. The van der Waals surface area contributed by atoms with Crippen molar-refractivity contribution in [2.45, 2.75) is 25.1 Å². The van der Waals surface area contributed by atoms with Crippen LogP contribution in [0.25, 0.3) is 0 Å². The van der Waals surface area contributed by atoms with E-state index in [1.54, 1.807) is 0 Å². The summed E-state index contributed by atoms with van der Waals surface area (Å²) in [5.74, 6) is -0.368. The number of nitrogens with one attached hydrogen (secondary N) is 3. The van der Waals surface area contributed by atoms with Crippen LogP contribution < -0.4 is 10.6 Å². The zero-order chi connectivity index (χ0) is 17.1. The maximum atomic E-state index is 13.2. The van der Waals surface area contributed by atoms with Crippen molar-refractivity contribution >= 4 is 11.7 Å². The standard InChI is InChI=1S/C13H15F3N4O3/c1-8-2-3-10(23-8)12(22,13(14,15)16)4-5-17-11(21)20-9-6-18-19-7-9/h2-3,6-7,22H,4-5H2,1H3,(H,18,19)(H2,17,20,21)/t12-/m0/s1. The summed E-state index contributed by atoms with van der Waals surface area (Å²) in [5, 5.41) is 20.7. The van der Waals surface area contributed by atoms with Crippen LogP contribution in [-0.4, -0.2) is 34.1 Å². The molecule has 7 nitrogen and oxygen atoms in total. The first-order valence-electron chi connectivity index (χ1n) is 6.62. The molecule has 0 aliphatic heterocycles. The number of hydrogen-bond acceptors (Lipinski definition) is 4. The number of amides is 2. The maximum absolute atomic E-state index is 13.2. The van der Waals surface area contributed by atoms with E-state index in [9.17, 15) is 23.1 Å². The lowest BCUT2D eigenvalue weighted by Gasteiger charge is -2.28. The Balaban J connectivity index is 1.98. The predicted octanol–water partition coefficient (Wildman–Crippen LogP) is 2.27. The Morgan fingerprint density at radius 3 is 2.70 bits per heavy atom. The van der Waals surface area contributed by atoms with Gasteiger partial charge in [0, 0.05) is 19.2 Å². The Bertz CT molecular complexity index is 654. The first-order valence-corrected chi connectivity index (χ1v) is 6.62. The Labute approximate surface area is 128 Å². The minimum atomic E-state index is -4.94. The summed E-state index contributed by atoms with van der Waals surface area (Å²) < 4.78 is 44.4. The topological polar surface area (TPSA) is 103 Å². The third kappa shape index (κ3) is 3.83. The molecule has 10 heteroatoms. The first kappa shape index (κ1) is 16.9. The van der Waals surface area contributed by atoms with E-state index in [0.717, 1.165) is 6.07 Å². The van der Waals surface area contributed by atoms with Crippen molar-refractivity contribution in [2.24, 2.45) is 0 Å². The predicted molar refractivity (Wildman–Crippen MR) is 73.6 cm³/mol. The number of rotatable bonds is 5. The van der Waals surface area contributed by atoms with Gasteiger partial charge in [-0.1, -0.05) is 0 Å². The smallest absolute Gasteiger partial charge is 0.424 e. The van der Waals surface area contributed by atoms with Crippen LogP contribution in [0.15, 0.2) is 28.9 Å². The zero-order valence-corrected chi connectivity index (χ0v) is 12.1. The lowest BCUT2D eigenvalue weighted by molar-refractivity contribution is -0.274. The van der Waals surface area contributed by atoms with Crippen molar-refractivity contribution in [3.8, 4) is 0 Å². The lowest BCUT2D eigenvalue weighted by atomic mass is 9.96. The first-order chi connectivity index (χ1) is 10.7. The maximum Gasteiger partial charge on any atom is 0.424 e. The fourth-order valence-corrected chi connectivity index (χ4v) is 1.91. The summed E-state index contributed by atoms with van der Waals surface area (Å²) in [6.07, 6.45) is -3.00. The van der Waals surface area contributed by atoms with Gasteiger partial charge in [0.15, 0.2) is 0 Å². The third-order valence-corrected chi connectivity index (χ3v) is 3.15. The van der Waals surface area contributed by atoms with Gasteiger partial charge >= 0.3 is 12.2 Å². The summed E-state index contributed by atoms with van der Waals surface area (Å²) in [4.78, 5) is 11.5. The number of H-pyrrole nitrogens is 1. The number of aliphatic hydroxyl groups is 1. The fraction of sp³-hybridized carbons (Fsp3) is 0.385. The van der Waals surface area contributed by atoms with E-state index in [4.69, 9.17) is 4.42 Å². The summed E-state index contributed by atoms with van der Waals surface area (Å²) in [6.45, 7) is 1.05. The number of aryl methyl sites for hydroxylation is 1. The molecule has 2 rings (SSSR count). The van der Waals surface area contributed by atoms with E-state index in [1.807, 2.05) is 0 Å². The van der Waals surface area contributed by atoms with Gasteiger partial charge in [0.2, 0.25) is 5.60 Å². The number of carbonyl (C=O) groups is 1. The number of aromatic amines is 1. The molecule has 2 amide bonds. The van der Waals surface area contributed by atoms with Crippen molar-refractivity contribution in [3.05, 3.63) is 36.0 Å². The van der Waals surface area contributed by atoms with Gasteiger partial charge in [-0.25, -0.2) is 4.79 Å². The van der Waals surface area contributed by atoms with Crippen molar-refractivity contribution in [1.29, 1.82) is 0 Å². The number of halogens is 3. The van der Waals surface area contributed by atoms with E-state index in [0.29, 0.717) is 5.69 Å². The second kappa shape index (κ2) is 6.32. The average Bonchev–Trinajstić information content (AvgIpc) is 3.09. The van der Waals surface area contributed by atoms with Gasteiger partial charge in [-0.2, -0.15) is 18.3 Å². The molecule has 2 heterocycles. The molecule has 2 aromatic heterocycles. The molecule has 0 bridgehead atoms. The van der Waals surface area contributed by atoms with Crippen LogP contribution >= 0.6 is 0 Å². The molecule has 0 aliphatic rings. The summed E-state index contributed by atoms with van der Waals surface area (Å²) in [6, 6.07) is 1.67. The van der Waals surface area contributed by atoms with Gasteiger partial charge in [0.1, 0.15) is 11.5 Å². The molecule has 1 atom stereocenters. The highest BCUT2D eigenvalue weighted by Gasteiger charge is 2.56. The van der Waals surface area contributed by atoms with Gasteiger partial charge in [-0.3, -0.25) is 5.10 Å². The Kier molecular flexibility index (Phi) is 4.64. The highest BCUT2D eigenvalue weighted by molar-refractivity contribution is 5.88. The summed E-state index contributed by atoms with van der Waals surface area (Å²) in [7, 11) is 0. The normalized spacial score (nSPS) is 14.3. The van der Waals surface area contributed by atoms with Crippen molar-refractivity contribution in [1.82, 2.24) is 15.5 Å². The molecule has 2 aromatic rings. The third-order valence-electron chi connectivity index (χ3n) is 3.15. The number of furan rings is 1. The van der Waals surface area contributed by atoms with E-state index in [2.05, 4.69) is 20.8 Å². The molecule has 0 radical (unpaired) electrons. The van der Waals surface area contributed by atoms with Crippen LogP contribution in [0.5, 0.6) is 0 Å².